The molecule has 1 aromatic heterocycles. The Bertz CT molecular complexity index is 674. The van der Waals surface area contributed by atoms with Crippen molar-refractivity contribution >= 4 is 22.4 Å². The Morgan fingerprint density at radius 1 is 1.43 bits per heavy atom. The van der Waals surface area contributed by atoms with Crippen LogP contribution in [0.25, 0.3) is 11.3 Å². The van der Waals surface area contributed by atoms with Gasteiger partial charge in [0.1, 0.15) is 5.82 Å². The number of hydrogen-bond acceptors (Lipinski definition) is 5. The molecule has 122 valence electrons. The average Bonchev–Trinajstić information content (AvgIpc) is 2.96. The van der Waals surface area contributed by atoms with Crippen LogP contribution in [0, 0.1) is 5.82 Å². The summed E-state index contributed by atoms with van der Waals surface area (Å²) in [5.41, 5.74) is 1.51. The Balaban J connectivity index is 1.58. The van der Waals surface area contributed by atoms with E-state index in [0.29, 0.717) is 17.4 Å². The summed E-state index contributed by atoms with van der Waals surface area (Å²) in [6, 6.07) is 6.08. The van der Waals surface area contributed by atoms with Crippen LogP contribution in [0.15, 0.2) is 29.6 Å². The molecule has 1 unspecified atom stereocenters. The Labute approximate surface area is 137 Å². The zero-order chi connectivity index (χ0) is 16.2. The van der Waals surface area contributed by atoms with Gasteiger partial charge in [-0.1, -0.05) is 0 Å². The number of aromatic nitrogens is 1. The molecule has 2 aromatic rings. The number of aliphatic hydroxyl groups is 1. The minimum atomic E-state index is -0.346. The Morgan fingerprint density at radius 2 is 2.22 bits per heavy atom. The molecule has 23 heavy (non-hydrogen) atoms. The lowest BCUT2D eigenvalue weighted by Gasteiger charge is -2.29. The molecule has 1 aliphatic heterocycles. The van der Waals surface area contributed by atoms with Crippen molar-refractivity contribution in [3.63, 3.8) is 0 Å². The largest absolute Gasteiger partial charge is 0.392 e. The molecule has 0 saturated carbocycles. The number of benzene rings is 1. The highest BCUT2D eigenvalue weighted by Crippen LogP contribution is 2.25. The summed E-state index contributed by atoms with van der Waals surface area (Å²) in [6.07, 6.45) is 1.35. The number of likely N-dealkylation sites (tertiary alicyclic amines) is 1. The van der Waals surface area contributed by atoms with Crippen LogP contribution < -0.4 is 5.32 Å². The van der Waals surface area contributed by atoms with Crippen molar-refractivity contribution in [2.45, 2.75) is 18.9 Å². The van der Waals surface area contributed by atoms with Gasteiger partial charge in [-0.05, 0) is 43.7 Å². The van der Waals surface area contributed by atoms with E-state index in [1.165, 1.54) is 23.5 Å². The van der Waals surface area contributed by atoms with Crippen LogP contribution in [-0.2, 0) is 4.79 Å². The maximum absolute atomic E-state index is 12.9. The number of anilines is 1. The number of nitrogens with zero attached hydrogens (tertiary/aromatic N) is 2. The van der Waals surface area contributed by atoms with E-state index in [9.17, 15) is 14.3 Å². The van der Waals surface area contributed by atoms with E-state index in [-0.39, 0.29) is 24.4 Å². The first-order valence-corrected chi connectivity index (χ1v) is 8.40. The van der Waals surface area contributed by atoms with Crippen molar-refractivity contribution in [3.05, 3.63) is 35.5 Å². The van der Waals surface area contributed by atoms with Gasteiger partial charge in [-0.3, -0.25) is 9.69 Å². The minimum Gasteiger partial charge on any atom is -0.392 e. The topological polar surface area (TPSA) is 65.5 Å². The number of piperidine rings is 1. The first-order valence-electron chi connectivity index (χ1n) is 7.52. The van der Waals surface area contributed by atoms with Gasteiger partial charge < -0.3 is 10.4 Å². The highest BCUT2D eigenvalue weighted by Gasteiger charge is 2.20. The highest BCUT2D eigenvalue weighted by molar-refractivity contribution is 7.14. The summed E-state index contributed by atoms with van der Waals surface area (Å²) in [5.74, 6) is -0.430. The quantitative estimate of drug-likeness (QED) is 0.900. The fourth-order valence-corrected chi connectivity index (χ4v) is 3.36. The second-order valence-electron chi connectivity index (χ2n) is 5.62. The van der Waals surface area contributed by atoms with Crippen LogP contribution in [0.3, 0.4) is 0 Å². The van der Waals surface area contributed by atoms with E-state index >= 15 is 0 Å². The van der Waals surface area contributed by atoms with Crippen molar-refractivity contribution in [1.82, 2.24) is 9.88 Å². The number of nitrogens with one attached hydrogen (secondary N) is 1. The lowest BCUT2D eigenvalue weighted by Crippen LogP contribution is -2.42. The van der Waals surface area contributed by atoms with Gasteiger partial charge in [0, 0.05) is 17.5 Å². The van der Waals surface area contributed by atoms with Gasteiger partial charge in [0.2, 0.25) is 5.91 Å². The molecule has 0 spiro atoms. The van der Waals surface area contributed by atoms with Crippen LogP contribution >= 0.6 is 11.3 Å². The predicted molar refractivity (Wildman–Crippen MR) is 87.8 cm³/mol. The number of halogens is 1. The number of carbonyl (C=O) groups is 1. The molecular weight excluding hydrogens is 317 g/mol. The van der Waals surface area contributed by atoms with Gasteiger partial charge >= 0.3 is 0 Å². The minimum absolute atomic E-state index is 0.140. The molecule has 0 bridgehead atoms. The van der Waals surface area contributed by atoms with Crippen molar-refractivity contribution in [2.75, 3.05) is 25.0 Å². The molecule has 1 aromatic carbocycles. The number of amides is 1. The molecule has 1 saturated heterocycles. The lowest BCUT2D eigenvalue weighted by atomic mass is 10.1. The second-order valence-corrected chi connectivity index (χ2v) is 6.48. The lowest BCUT2D eigenvalue weighted by molar-refractivity contribution is -0.118. The fraction of sp³-hybridized carbons (Fsp3) is 0.375. The van der Waals surface area contributed by atoms with E-state index in [1.54, 1.807) is 12.1 Å². The van der Waals surface area contributed by atoms with E-state index in [1.807, 2.05) is 10.3 Å². The summed E-state index contributed by atoms with van der Waals surface area (Å²) in [6.45, 7) is 1.61. The summed E-state index contributed by atoms with van der Waals surface area (Å²) < 4.78 is 12.9. The van der Waals surface area contributed by atoms with Gasteiger partial charge in [0.05, 0.1) is 18.3 Å². The van der Waals surface area contributed by atoms with Gasteiger partial charge in [-0.25, -0.2) is 9.37 Å². The van der Waals surface area contributed by atoms with E-state index < -0.39 is 0 Å². The third-order valence-electron chi connectivity index (χ3n) is 3.74. The third-order valence-corrected chi connectivity index (χ3v) is 4.50. The molecular formula is C16H18FN3O2S. The molecule has 2 heterocycles. The molecule has 1 aliphatic rings. The van der Waals surface area contributed by atoms with Crippen molar-refractivity contribution < 1.29 is 14.3 Å². The normalized spacial score (nSPS) is 18.8. The van der Waals surface area contributed by atoms with Crippen LogP contribution in [0.5, 0.6) is 0 Å². The monoisotopic (exact) mass is 335 g/mol. The Hall–Kier alpha value is -1.83. The maximum Gasteiger partial charge on any atom is 0.240 e. The summed E-state index contributed by atoms with van der Waals surface area (Å²) in [5, 5.41) is 14.7. The first-order chi connectivity index (χ1) is 11.1. The third kappa shape index (κ3) is 4.34. The summed E-state index contributed by atoms with van der Waals surface area (Å²) in [7, 11) is 0. The molecule has 3 rings (SSSR count). The first kappa shape index (κ1) is 16.0. The highest BCUT2D eigenvalue weighted by atomic mass is 32.1. The number of thiazole rings is 1. The SMILES string of the molecule is O=C(CN1CCCC(O)C1)Nc1nc(-c2ccc(F)cc2)cs1. The van der Waals surface area contributed by atoms with E-state index in [2.05, 4.69) is 10.3 Å². The molecule has 1 fully saturated rings. The Morgan fingerprint density at radius 3 is 2.96 bits per heavy atom. The second kappa shape index (κ2) is 7.16. The zero-order valence-corrected chi connectivity index (χ0v) is 13.4. The van der Waals surface area contributed by atoms with Gasteiger partial charge in [0.25, 0.3) is 0 Å². The fourth-order valence-electron chi connectivity index (χ4n) is 2.62. The molecule has 2 N–H and O–H groups in total. The predicted octanol–water partition coefficient (Wildman–Crippen LogP) is 2.34. The summed E-state index contributed by atoms with van der Waals surface area (Å²) in [4.78, 5) is 18.4. The van der Waals surface area contributed by atoms with Gasteiger partial charge in [-0.15, -0.1) is 11.3 Å². The summed E-state index contributed by atoms with van der Waals surface area (Å²) >= 11 is 1.33. The van der Waals surface area contributed by atoms with Crippen LogP contribution in [0.1, 0.15) is 12.8 Å². The van der Waals surface area contributed by atoms with Crippen molar-refractivity contribution in [2.24, 2.45) is 0 Å². The molecule has 0 radical (unpaired) electrons. The smallest absolute Gasteiger partial charge is 0.240 e. The molecule has 5 nitrogen and oxygen atoms in total. The average molecular weight is 335 g/mol. The van der Waals surface area contributed by atoms with Crippen LogP contribution in [0.2, 0.25) is 0 Å². The number of carbonyl (C=O) groups excluding carboxylic acids is 1. The van der Waals surface area contributed by atoms with Crippen molar-refractivity contribution in [3.8, 4) is 11.3 Å². The van der Waals surface area contributed by atoms with Crippen molar-refractivity contribution in [1.29, 1.82) is 0 Å². The standard InChI is InChI=1S/C16H18FN3O2S/c17-12-5-3-11(4-6-12)14-10-23-16(18-14)19-15(22)9-20-7-1-2-13(21)8-20/h3-6,10,13,21H,1-2,7-9H2,(H,18,19,22). The molecule has 1 amide bonds. The van der Waals surface area contributed by atoms with Crippen LogP contribution in [0.4, 0.5) is 9.52 Å². The number of β-amino-alcohol motifs (C(OH)–C–C–N with tert-alkyl or cyclic N) is 1. The van der Waals surface area contributed by atoms with Gasteiger partial charge in [-0.2, -0.15) is 0 Å². The van der Waals surface area contributed by atoms with Crippen LogP contribution in [-0.4, -0.2) is 46.6 Å². The Kier molecular flexibility index (Phi) is 5.00. The number of rotatable bonds is 4. The number of aliphatic hydroxyl groups excluding tert-OH is 1. The number of hydrogen-bond donors (Lipinski definition) is 2. The van der Waals surface area contributed by atoms with E-state index in [0.717, 1.165) is 24.9 Å². The maximum atomic E-state index is 12.9. The molecule has 0 aliphatic carbocycles. The zero-order valence-electron chi connectivity index (χ0n) is 12.5. The molecule has 1 atom stereocenters. The van der Waals surface area contributed by atoms with Gasteiger partial charge in [0.15, 0.2) is 5.13 Å². The van der Waals surface area contributed by atoms with E-state index in [4.69, 9.17) is 0 Å². The molecule has 7 heteroatoms.